The van der Waals surface area contributed by atoms with Crippen LogP contribution in [-0.4, -0.2) is 4.57 Å². The molecule has 4 nitrogen and oxygen atoms in total. The molecule has 9 aromatic carbocycles. The van der Waals surface area contributed by atoms with Gasteiger partial charge in [-0.05, 0) is 131 Å². The normalized spacial score (nSPS) is 11.0. The minimum Gasteiger partial charge on any atom is -0.311 e. The van der Waals surface area contributed by atoms with Crippen LogP contribution in [-0.2, 0) is 0 Å². The first-order chi connectivity index (χ1) is 29.2. The molecule has 0 unspecified atom stereocenters. The zero-order valence-corrected chi connectivity index (χ0v) is 32.2. The number of anilines is 6. The van der Waals surface area contributed by atoms with Gasteiger partial charge in [0.25, 0.3) is 0 Å². The molecule has 1 heterocycles. The van der Waals surface area contributed by atoms with Gasteiger partial charge < -0.3 is 14.4 Å². The molecule has 278 valence electrons. The van der Waals surface area contributed by atoms with Crippen molar-refractivity contribution in [3.8, 4) is 34.0 Å². The summed E-state index contributed by atoms with van der Waals surface area (Å²) in [6.45, 7) is 0. The van der Waals surface area contributed by atoms with Crippen molar-refractivity contribution in [2.24, 2.45) is 0 Å². The molecule has 0 fully saturated rings. The molecular formula is C55H38N4. The van der Waals surface area contributed by atoms with Crippen LogP contribution >= 0.6 is 0 Å². The molecule has 0 aliphatic heterocycles. The Labute approximate surface area is 344 Å². The Bertz CT molecular complexity index is 2810. The van der Waals surface area contributed by atoms with E-state index < -0.39 is 0 Å². The Morgan fingerprint density at radius 1 is 0.322 bits per heavy atom. The van der Waals surface area contributed by atoms with Crippen molar-refractivity contribution in [2.45, 2.75) is 0 Å². The topological polar surface area (TPSA) is 35.2 Å². The largest absolute Gasteiger partial charge is 0.311 e. The highest BCUT2D eigenvalue weighted by molar-refractivity contribution is 6.12. The fourth-order valence-corrected chi connectivity index (χ4v) is 8.21. The van der Waals surface area contributed by atoms with E-state index in [2.05, 4.69) is 202 Å². The van der Waals surface area contributed by atoms with E-state index >= 15 is 0 Å². The van der Waals surface area contributed by atoms with Gasteiger partial charge in [-0.1, -0.05) is 121 Å². The molecule has 0 aliphatic rings. The SMILES string of the molecule is N#Cc1ccccc1-n1c2ccc(-c3ccc(N(c4ccccc4)c4ccccc4)cc3)cc2c2cc(-c3ccc(N(c4ccccc4)c4ccccc4)cc3)ccc21. The van der Waals surface area contributed by atoms with Crippen molar-refractivity contribution in [1.29, 1.82) is 5.26 Å². The molecule has 0 aliphatic carbocycles. The first-order valence-electron chi connectivity index (χ1n) is 19.8. The van der Waals surface area contributed by atoms with Crippen LogP contribution in [0.25, 0.3) is 49.7 Å². The minimum atomic E-state index is 0.633. The molecule has 59 heavy (non-hydrogen) atoms. The van der Waals surface area contributed by atoms with Crippen LogP contribution in [0.2, 0.25) is 0 Å². The maximum absolute atomic E-state index is 10.2. The lowest BCUT2D eigenvalue weighted by molar-refractivity contribution is 1.17. The summed E-state index contributed by atoms with van der Waals surface area (Å²) in [5, 5.41) is 12.4. The molecule has 0 bridgehead atoms. The second-order valence-corrected chi connectivity index (χ2v) is 14.5. The summed E-state index contributed by atoms with van der Waals surface area (Å²) in [6, 6.07) is 83.2. The molecule has 4 heteroatoms. The number of hydrogen-bond donors (Lipinski definition) is 0. The first kappa shape index (κ1) is 35.3. The standard InChI is InChI=1S/C55H38N4/c56-39-44-15-13-14-24-53(44)59-54-35-29-42(40-25-31-49(32-26-40)57(45-16-5-1-6-17-45)46-18-7-2-8-19-46)37-51(54)52-38-43(30-36-55(52)59)41-27-33-50(34-28-41)58(47-20-9-3-10-21-47)48-22-11-4-12-23-48/h1-38H. The van der Waals surface area contributed by atoms with E-state index in [1.54, 1.807) is 0 Å². The molecule has 1 aromatic heterocycles. The number of nitriles is 1. The number of hydrogen-bond acceptors (Lipinski definition) is 3. The summed E-state index contributed by atoms with van der Waals surface area (Å²) in [4.78, 5) is 4.56. The van der Waals surface area contributed by atoms with Gasteiger partial charge >= 0.3 is 0 Å². The summed E-state index contributed by atoms with van der Waals surface area (Å²) >= 11 is 0. The fraction of sp³-hybridized carbons (Fsp3) is 0. The lowest BCUT2D eigenvalue weighted by atomic mass is 9.99. The summed E-state index contributed by atoms with van der Waals surface area (Å²) in [5.41, 5.74) is 14.7. The summed E-state index contributed by atoms with van der Waals surface area (Å²) in [6.07, 6.45) is 0. The second kappa shape index (κ2) is 15.4. The van der Waals surface area contributed by atoms with Gasteiger partial charge in [-0.2, -0.15) is 5.26 Å². The van der Waals surface area contributed by atoms with Crippen molar-refractivity contribution in [3.05, 3.63) is 236 Å². The molecule has 10 aromatic rings. The number of nitrogens with zero attached hydrogens (tertiary/aromatic N) is 4. The Kier molecular flexibility index (Phi) is 9.23. The van der Waals surface area contributed by atoms with E-state index in [0.29, 0.717) is 5.56 Å². The molecule has 0 saturated carbocycles. The molecular weight excluding hydrogens is 717 g/mol. The first-order valence-corrected chi connectivity index (χ1v) is 19.8. The number of benzene rings is 9. The summed E-state index contributed by atoms with van der Waals surface area (Å²) < 4.78 is 2.23. The maximum atomic E-state index is 10.2. The lowest BCUT2D eigenvalue weighted by Gasteiger charge is -2.25. The van der Waals surface area contributed by atoms with Crippen molar-refractivity contribution >= 4 is 55.9 Å². The fourth-order valence-electron chi connectivity index (χ4n) is 8.21. The van der Waals surface area contributed by atoms with Gasteiger partial charge in [0.15, 0.2) is 0 Å². The average molecular weight is 755 g/mol. The Hall–Kier alpha value is -8.13. The van der Waals surface area contributed by atoms with Crippen molar-refractivity contribution < 1.29 is 0 Å². The highest BCUT2D eigenvalue weighted by Gasteiger charge is 2.18. The zero-order chi connectivity index (χ0) is 39.5. The Morgan fingerprint density at radius 2 is 0.644 bits per heavy atom. The Balaban J connectivity index is 1.07. The van der Waals surface area contributed by atoms with Crippen LogP contribution in [0, 0.1) is 11.3 Å². The third-order valence-electron chi connectivity index (χ3n) is 11.0. The van der Waals surface area contributed by atoms with Crippen molar-refractivity contribution in [3.63, 3.8) is 0 Å². The maximum Gasteiger partial charge on any atom is 0.101 e. The van der Waals surface area contributed by atoms with Crippen LogP contribution < -0.4 is 9.80 Å². The van der Waals surface area contributed by atoms with E-state index in [-0.39, 0.29) is 0 Å². The summed E-state index contributed by atoms with van der Waals surface area (Å²) in [5.74, 6) is 0. The van der Waals surface area contributed by atoms with E-state index in [1.807, 2.05) is 48.5 Å². The minimum absolute atomic E-state index is 0.633. The van der Waals surface area contributed by atoms with Gasteiger partial charge in [-0.15, -0.1) is 0 Å². The molecule has 0 N–H and O–H groups in total. The molecule has 0 spiro atoms. The van der Waals surface area contributed by atoms with E-state index in [0.717, 1.165) is 83.9 Å². The van der Waals surface area contributed by atoms with Crippen molar-refractivity contribution in [1.82, 2.24) is 4.57 Å². The quantitative estimate of drug-likeness (QED) is 0.147. The van der Waals surface area contributed by atoms with Crippen LogP contribution in [0.5, 0.6) is 0 Å². The van der Waals surface area contributed by atoms with Gasteiger partial charge in [0.1, 0.15) is 6.07 Å². The third kappa shape index (κ3) is 6.67. The van der Waals surface area contributed by atoms with Crippen LogP contribution in [0.15, 0.2) is 231 Å². The number of rotatable bonds is 9. The molecule has 0 saturated heterocycles. The smallest absolute Gasteiger partial charge is 0.101 e. The van der Waals surface area contributed by atoms with Crippen LogP contribution in [0.1, 0.15) is 5.56 Å². The number of para-hydroxylation sites is 5. The van der Waals surface area contributed by atoms with Crippen LogP contribution in [0.3, 0.4) is 0 Å². The lowest BCUT2D eigenvalue weighted by Crippen LogP contribution is -2.09. The third-order valence-corrected chi connectivity index (χ3v) is 11.0. The van der Waals surface area contributed by atoms with E-state index in [4.69, 9.17) is 0 Å². The molecule has 10 rings (SSSR count). The van der Waals surface area contributed by atoms with Gasteiger partial charge in [-0.3, -0.25) is 0 Å². The Morgan fingerprint density at radius 3 is 1.02 bits per heavy atom. The van der Waals surface area contributed by atoms with E-state index in [1.165, 1.54) is 0 Å². The molecule has 0 amide bonds. The number of fused-ring (bicyclic) bond motifs is 3. The molecule has 0 atom stereocenters. The predicted molar refractivity (Wildman–Crippen MR) is 246 cm³/mol. The predicted octanol–water partition coefficient (Wildman–Crippen LogP) is 14.9. The highest BCUT2D eigenvalue weighted by atomic mass is 15.1. The molecule has 0 radical (unpaired) electrons. The van der Waals surface area contributed by atoms with Gasteiger partial charge in [0.2, 0.25) is 0 Å². The second-order valence-electron chi connectivity index (χ2n) is 14.5. The van der Waals surface area contributed by atoms with Gasteiger partial charge in [-0.25, -0.2) is 0 Å². The summed E-state index contributed by atoms with van der Waals surface area (Å²) in [7, 11) is 0. The van der Waals surface area contributed by atoms with Crippen LogP contribution in [0.4, 0.5) is 34.1 Å². The average Bonchev–Trinajstić information content (AvgIpc) is 3.64. The van der Waals surface area contributed by atoms with Crippen molar-refractivity contribution in [2.75, 3.05) is 9.80 Å². The monoisotopic (exact) mass is 754 g/mol. The van der Waals surface area contributed by atoms with Gasteiger partial charge in [0.05, 0.1) is 22.3 Å². The number of aromatic nitrogens is 1. The highest BCUT2D eigenvalue weighted by Crippen LogP contribution is 2.41. The zero-order valence-electron chi connectivity index (χ0n) is 32.2. The van der Waals surface area contributed by atoms with Gasteiger partial charge in [0, 0.05) is 44.9 Å². The van der Waals surface area contributed by atoms with E-state index in [9.17, 15) is 5.26 Å².